The van der Waals surface area contributed by atoms with Crippen LogP contribution in [-0.4, -0.2) is 53.8 Å². The number of ether oxygens (including phenoxy) is 1. The first-order valence-electron chi connectivity index (χ1n) is 11.8. The van der Waals surface area contributed by atoms with Crippen LogP contribution >= 0.6 is 11.3 Å². The van der Waals surface area contributed by atoms with Gasteiger partial charge in [0.2, 0.25) is 0 Å². The maximum atomic E-state index is 13.2. The molecule has 2 saturated carbocycles. The van der Waals surface area contributed by atoms with Crippen LogP contribution in [0.3, 0.4) is 0 Å². The summed E-state index contributed by atoms with van der Waals surface area (Å²) in [5.41, 5.74) is 2.39. The zero-order chi connectivity index (χ0) is 25.4. The summed E-state index contributed by atoms with van der Waals surface area (Å²) in [6.45, 7) is 1.69. The molecule has 2 fully saturated rings. The van der Waals surface area contributed by atoms with Crippen molar-refractivity contribution >= 4 is 23.3 Å². The Morgan fingerprint density at radius 2 is 1.71 bits per heavy atom. The molecular formula is C25H32F3N3O3S. The molecule has 192 valence electrons. The second kappa shape index (κ2) is 12.4. The Morgan fingerprint density at radius 1 is 1.11 bits per heavy atom. The fourth-order valence-corrected chi connectivity index (χ4v) is 4.69. The number of rotatable bonds is 6. The molecule has 10 heteroatoms. The van der Waals surface area contributed by atoms with Crippen molar-refractivity contribution in [3.05, 3.63) is 52.5 Å². The fraction of sp³-hybridized carbons (Fsp3) is 0.560. The topological polar surface area (TPSA) is 71.5 Å². The molecule has 2 aliphatic rings. The highest BCUT2D eigenvalue weighted by atomic mass is 32.1. The lowest BCUT2D eigenvalue weighted by Crippen LogP contribution is -2.44. The Bertz CT molecular complexity index is 908. The Balaban J connectivity index is 0.000000607. The summed E-state index contributed by atoms with van der Waals surface area (Å²) in [7, 11) is 1.33. The number of amides is 2. The van der Waals surface area contributed by atoms with Crippen LogP contribution in [-0.2, 0) is 4.74 Å². The number of methoxy groups -OCH3 is 1. The molecule has 1 atom stereocenters. The van der Waals surface area contributed by atoms with E-state index in [-0.39, 0.29) is 23.6 Å². The van der Waals surface area contributed by atoms with Gasteiger partial charge in [-0.05, 0) is 69.1 Å². The molecule has 1 aromatic heterocycles. The molecule has 0 saturated heterocycles. The molecule has 2 aromatic rings. The van der Waals surface area contributed by atoms with Crippen LogP contribution in [0.4, 0.5) is 18.0 Å². The first-order chi connectivity index (χ1) is 16.7. The van der Waals surface area contributed by atoms with Gasteiger partial charge in [-0.15, -0.1) is 11.3 Å². The van der Waals surface area contributed by atoms with E-state index in [0.717, 1.165) is 45.4 Å². The van der Waals surface area contributed by atoms with Gasteiger partial charge in [0.05, 0.1) is 18.5 Å². The van der Waals surface area contributed by atoms with Crippen molar-refractivity contribution in [3.8, 4) is 0 Å². The summed E-state index contributed by atoms with van der Waals surface area (Å²) in [6.07, 6.45) is 2.52. The number of hydrogen-bond acceptors (Lipinski definition) is 5. The Morgan fingerprint density at radius 3 is 2.14 bits per heavy atom. The van der Waals surface area contributed by atoms with Gasteiger partial charge in [0.1, 0.15) is 0 Å². The van der Waals surface area contributed by atoms with Crippen LogP contribution in [0.2, 0.25) is 0 Å². The zero-order valence-electron chi connectivity index (χ0n) is 20.0. The van der Waals surface area contributed by atoms with E-state index < -0.39 is 18.2 Å². The van der Waals surface area contributed by atoms with Crippen LogP contribution in [0.25, 0.3) is 0 Å². The Labute approximate surface area is 207 Å². The summed E-state index contributed by atoms with van der Waals surface area (Å²) in [5.74, 6) is -1.30. The molecular weight excluding hydrogens is 479 g/mol. The van der Waals surface area contributed by atoms with Gasteiger partial charge in [-0.1, -0.05) is 12.1 Å². The van der Waals surface area contributed by atoms with Gasteiger partial charge >= 0.3 is 12.3 Å². The van der Waals surface area contributed by atoms with E-state index >= 15 is 0 Å². The number of hydrogen-bond donors (Lipinski definition) is 1. The number of alkyl halides is 3. The maximum Gasteiger partial charge on any atom is 0.406 e. The average molecular weight is 512 g/mol. The van der Waals surface area contributed by atoms with Gasteiger partial charge in [0.15, 0.2) is 0 Å². The van der Waals surface area contributed by atoms with Crippen LogP contribution in [0.1, 0.15) is 67.3 Å². The van der Waals surface area contributed by atoms with Gasteiger partial charge in [-0.3, -0.25) is 9.78 Å². The van der Waals surface area contributed by atoms with E-state index in [1.807, 2.05) is 10.3 Å². The summed E-state index contributed by atoms with van der Waals surface area (Å²) in [6, 6.07) is 6.20. The molecule has 0 aliphatic heterocycles. The molecule has 1 aromatic carbocycles. The quantitative estimate of drug-likeness (QED) is 0.515. The number of benzene rings is 1. The smallest absolute Gasteiger partial charge is 0.406 e. The molecule has 1 heterocycles. The van der Waals surface area contributed by atoms with Crippen molar-refractivity contribution in [3.63, 3.8) is 0 Å². The van der Waals surface area contributed by atoms with Crippen molar-refractivity contribution < 1.29 is 27.5 Å². The molecule has 6 nitrogen and oxygen atoms in total. The second-order valence-corrected chi connectivity index (χ2v) is 9.81. The van der Waals surface area contributed by atoms with Crippen molar-refractivity contribution in [1.82, 2.24) is 15.2 Å². The first kappa shape index (κ1) is 27.0. The minimum absolute atomic E-state index is 0.0974. The molecule has 4 rings (SSSR count). The van der Waals surface area contributed by atoms with E-state index in [1.165, 1.54) is 31.4 Å². The predicted octanol–water partition coefficient (Wildman–Crippen LogP) is 6.01. The third kappa shape index (κ3) is 7.95. The van der Waals surface area contributed by atoms with Crippen LogP contribution in [0, 0.1) is 5.92 Å². The minimum atomic E-state index is -4.30. The molecule has 2 aliphatic carbocycles. The molecule has 35 heavy (non-hydrogen) atoms. The van der Waals surface area contributed by atoms with Gasteiger partial charge in [-0.2, -0.15) is 13.2 Å². The van der Waals surface area contributed by atoms with Crippen LogP contribution in [0.5, 0.6) is 0 Å². The SMILES string of the molecule is COC(=O)NCC1CCC(N(C(=O)c2ccc(C(C)C(F)(F)F)cc2)C2CC2)CC1.c1cscn1. The average Bonchev–Trinajstić information content (AvgIpc) is 3.49. The Kier molecular flexibility index (Phi) is 9.54. The van der Waals surface area contributed by atoms with E-state index in [9.17, 15) is 22.8 Å². The van der Waals surface area contributed by atoms with Crippen molar-refractivity contribution in [2.24, 2.45) is 5.92 Å². The lowest BCUT2D eigenvalue weighted by molar-refractivity contribution is -0.146. The standard InChI is InChI=1S/C22H29F3N2O3.C3H3NS/c1-14(22(23,24)25)16-5-7-17(8-6-16)20(28)27(19-11-12-19)18-9-3-15(4-10-18)13-26-21(29)30-2;1-2-5-3-4-1/h5-8,14-15,18-19H,3-4,9-13H2,1-2H3,(H,26,29);1-3H. The minimum Gasteiger partial charge on any atom is -0.453 e. The molecule has 0 spiro atoms. The normalized spacial score (nSPS) is 20.7. The lowest BCUT2D eigenvalue weighted by Gasteiger charge is -2.37. The number of alkyl carbamates (subject to hydrolysis) is 1. The predicted molar refractivity (Wildman–Crippen MR) is 128 cm³/mol. The highest BCUT2D eigenvalue weighted by Crippen LogP contribution is 2.37. The molecule has 1 N–H and O–H groups in total. The number of halogens is 3. The van der Waals surface area contributed by atoms with Crippen molar-refractivity contribution in [1.29, 1.82) is 0 Å². The summed E-state index contributed by atoms with van der Waals surface area (Å²) in [5, 5.41) is 4.66. The van der Waals surface area contributed by atoms with Crippen LogP contribution in [0.15, 0.2) is 41.4 Å². The number of nitrogens with zero attached hydrogens (tertiary/aromatic N) is 2. The van der Waals surface area contributed by atoms with Gasteiger partial charge < -0.3 is 15.0 Å². The molecule has 0 radical (unpaired) electrons. The zero-order valence-corrected chi connectivity index (χ0v) is 20.8. The third-order valence-corrected chi connectivity index (χ3v) is 7.12. The third-order valence-electron chi connectivity index (χ3n) is 6.60. The summed E-state index contributed by atoms with van der Waals surface area (Å²) < 4.78 is 43.4. The van der Waals surface area contributed by atoms with Gasteiger partial charge in [0, 0.05) is 35.8 Å². The fourth-order valence-electron chi connectivity index (χ4n) is 4.34. The monoisotopic (exact) mass is 511 g/mol. The van der Waals surface area contributed by atoms with E-state index in [1.54, 1.807) is 23.0 Å². The first-order valence-corrected chi connectivity index (χ1v) is 12.8. The number of thiazole rings is 1. The molecule has 2 amide bonds. The summed E-state index contributed by atoms with van der Waals surface area (Å²) >= 11 is 1.60. The van der Waals surface area contributed by atoms with Crippen LogP contribution < -0.4 is 5.32 Å². The number of aromatic nitrogens is 1. The van der Waals surface area contributed by atoms with E-state index in [2.05, 4.69) is 15.0 Å². The largest absolute Gasteiger partial charge is 0.453 e. The van der Waals surface area contributed by atoms with Gasteiger partial charge in [0.25, 0.3) is 5.91 Å². The second-order valence-electron chi connectivity index (χ2n) is 9.05. The van der Waals surface area contributed by atoms with Gasteiger partial charge in [-0.25, -0.2) is 4.79 Å². The molecule has 1 unspecified atom stereocenters. The lowest BCUT2D eigenvalue weighted by atomic mass is 9.85. The highest BCUT2D eigenvalue weighted by molar-refractivity contribution is 7.07. The van der Waals surface area contributed by atoms with E-state index in [4.69, 9.17) is 0 Å². The number of nitrogens with one attached hydrogen (secondary N) is 1. The summed E-state index contributed by atoms with van der Waals surface area (Å²) in [4.78, 5) is 30.1. The van der Waals surface area contributed by atoms with Crippen molar-refractivity contribution in [2.45, 2.75) is 69.6 Å². The Hall–Kier alpha value is -2.62. The molecule has 0 bridgehead atoms. The maximum absolute atomic E-state index is 13.2. The highest BCUT2D eigenvalue weighted by Gasteiger charge is 2.40. The van der Waals surface area contributed by atoms with E-state index in [0.29, 0.717) is 18.0 Å². The number of carbonyl (C=O) groups excluding carboxylic acids is 2. The number of carbonyl (C=O) groups is 2. The van der Waals surface area contributed by atoms with Crippen molar-refractivity contribution in [2.75, 3.05) is 13.7 Å².